The predicted octanol–water partition coefficient (Wildman–Crippen LogP) is 5.05. The molecule has 0 bridgehead atoms. The van der Waals surface area contributed by atoms with Crippen LogP contribution in [0.5, 0.6) is 0 Å². The monoisotopic (exact) mass is 417 g/mol. The van der Waals surface area contributed by atoms with Gasteiger partial charge in [-0.25, -0.2) is 22.2 Å². The fourth-order valence-electron chi connectivity index (χ4n) is 2.30. The summed E-state index contributed by atoms with van der Waals surface area (Å²) in [6.07, 6.45) is 1.35. The number of carbonyl (C=O) groups excluding carboxylic acids is 1. The fraction of sp³-hybridized carbons (Fsp3) is 0.0588. The quantitative estimate of drug-likeness (QED) is 0.367. The molecule has 0 aliphatic carbocycles. The Bertz CT molecular complexity index is 1040. The molecule has 0 radical (unpaired) electrons. The molecule has 1 heterocycles. The average molecular weight is 418 g/mol. The Morgan fingerprint density at radius 1 is 1.04 bits per heavy atom. The van der Waals surface area contributed by atoms with E-state index < -0.39 is 34.7 Å². The predicted molar refractivity (Wildman–Crippen MR) is 92.0 cm³/mol. The van der Waals surface area contributed by atoms with Crippen LogP contribution >= 0.6 is 23.2 Å². The molecule has 0 aliphatic rings. The molecule has 1 N–H and O–H groups in total. The van der Waals surface area contributed by atoms with Gasteiger partial charge in [0.2, 0.25) is 0 Å². The molecule has 1 amide bonds. The van der Waals surface area contributed by atoms with Crippen molar-refractivity contribution in [3.8, 4) is 0 Å². The van der Waals surface area contributed by atoms with Crippen molar-refractivity contribution in [3.05, 3.63) is 81.0 Å². The van der Waals surface area contributed by atoms with Crippen molar-refractivity contribution in [2.24, 2.45) is 0 Å². The van der Waals surface area contributed by atoms with Crippen molar-refractivity contribution >= 4 is 34.9 Å². The summed E-state index contributed by atoms with van der Waals surface area (Å²) < 4.78 is 54.7. The molecule has 0 saturated carbocycles. The summed E-state index contributed by atoms with van der Waals surface area (Å²) in [5, 5.41) is 7.07. The van der Waals surface area contributed by atoms with Crippen LogP contribution in [0.1, 0.15) is 15.9 Å². The number of nitrogens with zero attached hydrogens (tertiary/aromatic N) is 2. The first-order valence-corrected chi connectivity index (χ1v) is 8.13. The lowest BCUT2D eigenvalue weighted by Gasteiger charge is -2.11. The van der Waals surface area contributed by atoms with Crippen LogP contribution in [-0.4, -0.2) is 15.7 Å². The summed E-state index contributed by atoms with van der Waals surface area (Å²) in [6, 6.07) is 6.46. The van der Waals surface area contributed by atoms with Crippen molar-refractivity contribution < 1.29 is 22.4 Å². The number of hydrogen-bond donors (Lipinski definition) is 1. The Hall–Kier alpha value is -2.58. The van der Waals surface area contributed by atoms with Crippen LogP contribution in [-0.2, 0) is 6.54 Å². The second-order valence-corrected chi connectivity index (χ2v) is 6.26. The molecule has 1 aromatic heterocycles. The zero-order valence-corrected chi connectivity index (χ0v) is 14.8. The van der Waals surface area contributed by atoms with Crippen molar-refractivity contribution in [1.29, 1.82) is 0 Å². The van der Waals surface area contributed by atoms with Crippen LogP contribution in [0.2, 0.25) is 10.0 Å². The lowest BCUT2D eigenvalue weighted by molar-refractivity contribution is 0.102. The van der Waals surface area contributed by atoms with Crippen LogP contribution in [0, 0.1) is 23.3 Å². The maximum atomic E-state index is 13.8. The van der Waals surface area contributed by atoms with Crippen molar-refractivity contribution in [1.82, 2.24) is 9.78 Å². The van der Waals surface area contributed by atoms with Gasteiger partial charge in [0.15, 0.2) is 23.3 Å². The van der Waals surface area contributed by atoms with E-state index in [0.29, 0.717) is 15.6 Å². The van der Waals surface area contributed by atoms with Gasteiger partial charge in [-0.3, -0.25) is 4.79 Å². The van der Waals surface area contributed by atoms with Gasteiger partial charge in [0.1, 0.15) is 5.82 Å². The summed E-state index contributed by atoms with van der Waals surface area (Å²) in [7, 11) is 0. The van der Waals surface area contributed by atoms with E-state index >= 15 is 0 Å². The number of carbonyl (C=O) groups is 1. The summed E-state index contributed by atoms with van der Waals surface area (Å²) in [5.74, 6) is -8.60. The second kappa shape index (κ2) is 7.58. The highest BCUT2D eigenvalue weighted by atomic mass is 35.5. The molecular weight excluding hydrogens is 409 g/mol. The average Bonchev–Trinajstić information content (AvgIpc) is 3.05. The number of rotatable bonds is 4. The van der Waals surface area contributed by atoms with Crippen molar-refractivity contribution in [2.45, 2.75) is 6.54 Å². The largest absolute Gasteiger partial charge is 0.307 e. The Kier molecular flexibility index (Phi) is 5.38. The van der Waals surface area contributed by atoms with Gasteiger partial charge in [-0.05, 0) is 23.8 Å². The van der Waals surface area contributed by atoms with E-state index in [1.54, 1.807) is 12.1 Å². The standard InChI is InChI=1S/C17H9Cl2F4N3O/c18-9-2-1-8(11(19)5-9)7-26-13(3-4-24-26)25-17(27)10-6-12(20)15(22)16(23)14(10)21/h1-6H,7H2,(H,25,27). The maximum absolute atomic E-state index is 13.8. The second-order valence-electron chi connectivity index (χ2n) is 5.41. The highest BCUT2D eigenvalue weighted by molar-refractivity contribution is 6.35. The SMILES string of the molecule is O=C(Nc1ccnn1Cc1ccc(Cl)cc1Cl)c1cc(F)c(F)c(F)c1F. The molecule has 3 aromatic rings. The minimum atomic E-state index is -2.07. The first-order valence-electron chi connectivity index (χ1n) is 7.38. The highest BCUT2D eigenvalue weighted by Gasteiger charge is 2.23. The molecule has 0 fully saturated rings. The van der Waals surface area contributed by atoms with Gasteiger partial charge in [0, 0.05) is 16.1 Å². The minimum Gasteiger partial charge on any atom is -0.307 e. The van der Waals surface area contributed by atoms with Gasteiger partial charge in [-0.2, -0.15) is 5.10 Å². The molecule has 140 valence electrons. The van der Waals surface area contributed by atoms with Crippen LogP contribution in [0.15, 0.2) is 36.5 Å². The summed E-state index contributed by atoms with van der Waals surface area (Å²) in [6.45, 7) is 0.132. The first kappa shape index (κ1) is 19.2. The first-order chi connectivity index (χ1) is 12.8. The Labute approximate surface area is 160 Å². The molecule has 0 atom stereocenters. The van der Waals surface area contributed by atoms with E-state index in [9.17, 15) is 22.4 Å². The van der Waals surface area contributed by atoms with Crippen molar-refractivity contribution in [2.75, 3.05) is 5.32 Å². The van der Waals surface area contributed by atoms with Gasteiger partial charge >= 0.3 is 0 Å². The number of benzene rings is 2. The van der Waals surface area contributed by atoms with Gasteiger partial charge in [-0.1, -0.05) is 29.3 Å². The highest BCUT2D eigenvalue weighted by Crippen LogP contribution is 2.23. The van der Waals surface area contributed by atoms with E-state index in [1.807, 2.05) is 0 Å². The Balaban J connectivity index is 1.86. The van der Waals surface area contributed by atoms with Crippen molar-refractivity contribution in [3.63, 3.8) is 0 Å². The van der Waals surface area contributed by atoms with Crippen LogP contribution in [0.3, 0.4) is 0 Å². The lowest BCUT2D eigenvalue weighted by Crippen LogP contribution is -2.19. The molecule has 10 heteroatoms. The number of anilines is 1. The summed E-state index contributed by atoms with van der Waals surface area (Å²) in [5.41, 5.74) is -0.353. The molecule has 0 saturated heterocycles. The van der Waals surface area contributed by atoms with E-state index in [2.05, 4.69) is 10.4 Å². The number of halogens is 6. The molecule has 0 aliphatic heterocycles. The zero-order valence-electron chi connectivity index (χ0n) is 13.2. The normalized spacial score (nSPS) is 10.9. The summed E-state index contributed by atoms with van der Waals surface area (Å²) in [4.78, 5) is 12.2. The minimum absolute atomic E-state index is 0.107. The third-order valence-electron chi connectivity index (χ3n) is 3.64. The Morgan fingerprint density at radius 3 is 2.48 bits per heavy atom. The van der Waals surface area contributed by atoms with Crippen LogP contribution in [0.4, 0.5) is 23.4 Å². The van der Waals surface area contributed by atoms with Gasteiger partial charge < -0.3 is 5.32 Å². The van der Waals surface area contributed by atoms with Gasteiger partial charge in [0.05, 0.1) is 18.3 Å². The molecular formula is C17H9Cl2F4N3O. The van der Waals surface area contributed by atoms with E-state index in [-0.39, 0.29) is 18.4 Å². The van der Waals surface area contributed by atoms with E-state index in [4.69, 9.17) is 23.2 Å². The lowest BCUT2D eigenvalue weighted by atomic mass is 10.1. The maximum Gasteiger partial charge on any atom is 0.260 e. The van der Waals surface area contributed by atoms with Gasteiger partial charge in [-0.15, -0.1) is 0 Å². The zero-order chi connectivity index (χ0) is 19.7. The molecule has 0 unspecified atom stereocenters. The molecule has 27 heavy (non-hydrogen) atoms. The molecule has 2 aromatic carbocycles. The van der Waals surface area contributed by atoms with Gasteiger partial charge in [0.25, 0.3) is 5.91 Å². The number of amides is 1. The molecule has 4 nitrogen and oxygen atoms in total. The van der Waals surface area contributed by atoms with Crippen LogP contribution in [0.25, 0.3) is 0 Å². The molecule has 0 spiro atoms. The third-order valence-corrected chi connectivity index (χ3v) is 4.23. The van der Waals surface area contributed by atoms with Crippen LogP contribution < -0.4 is 5.32 Å². The summed E-state index contributed by atoms with van der Waals surface area (Å²) >= 11 is 11.9. The molecule has 3 rings (SSSR count). The third kappa shape index (κ3) is 3.91. The number of hydrogen-bond acceptors (Lipinski definition) is 2. The topological polar surface area (TPSA) is 46.9 Å². The van der Waals surface area contributed by atoms with E-state index in [0.717, 1.165) is 0 Å². The fourth-order valence-corrected chi connectivity index (χ4v) is 2.77. The van der Waals surface area contributed by atoms with E-state index in [1.165, 1.54) is 23.0 Å². The number of nitrogens with one attached hydrogen (secondary N) is 1. The number of aromatic nitrogens is 2. The smallest absolute Gasteiger partial charge is 0.260 e. The Morgan fingerprint density at radius 2 is 1.78 bits per heavy atom.